The first-order valence-electron chi connectivity index (χ1n) is 8.63. The lowest BCUT2D eigenvalue weighted by molar-refractivity contribution is 0.629. The average molecular weight is 390 g/mol. The van der Waals surface area contributed by atoms with Gasteiger partial charge in [0, 0.05) is 12.3 Å². The van der Waals surface area contributed by atoms with Crippen molar-refractivity contribution in [2.24, 2.45) is 0 Å². The summed E-state index contributed by atoms with van der Waals surface area (Å²) in [6.45, 7) is 1.78. The molecule has 3 heterocycles. The molecule has 29 heavy (non-hydrogen) atoms. The first kappa shape index (κ1) is 18.1. The fraction of sp³-hybridized carbons (Fsp3) is 0.105. The van der Waals surface area contributed by atoms with Crippen molar-refractivity contribution in [2.75, 3.05) is 11.1 Å². The molecular weight excluding hydrogens is 375 g/mol. The summed E-state index contributed by atoms with van der Waals surface area (Å²) < 4.78 is 15.6. The molecule has 0 aliphatic rings. The maximum atomic E-state index is 13.9. The van der Waals surface area contributed by atoms with E-state index in [0.29, 0.717) is 22.7 Å². The predicted octanol–water partition coefficient (Wildman–Crippen LogP) is 2.27. The predicted molar refractivity (Wildman–Crippen MR) is 105 cm³/mol. The first-order valence-corrected chi connectivity index (χ1v) is 8.63. The number of aromatic amines is 1. The van der Waals surface area contributed by atoms with Crippen LogP contribution in [0.1, 0.15) is 24.4 Å². The van der Waals surface area contributed by atoms with Gasteiger partial charge in [0.15, 0.2) is 5.82 Å². The molecule has 1 unspecified atom stereocenters. The van der Waals surface area contributed by atoms with Crippen molar-refractivity contribution < 1.29 is 4.39 Å². The highest BCUT2D eigenvalue weighted by Crippen LogP contribution is 2.27. The highest BCUT2D eigenvalue weighted by molar-refractivity contribution is 5.78. The van der Waals surface area contributed by atoms with Crippen molar-refractivity contribution in [1.82, 2.24) is 24.5 Å². The number of imidazole rings is 1. The van der Waals surface area contributed by atoms with Gasteiger partial charge >= 0.3 is 5.69 Å². The summed E-state index contributed by atoms with van der Waals surface area (Å²) in [4.78, 5) is 26.7. The molecule has 0 bridgehead atoms. The Hall–Kier alpha value is -4.26. The lowest BCUT2D eigenvalue weighted by atomic mass is 10.2. The summed E-state index contributed by atoms with van der Waals surface area (Å²) in [5, 5.41) is 12.4. The number of nitrogens with one attached hydrogen (secondary N) is 2. The minimum atomic E-state index is -0.684. The van der Waals surface area contributed by atoms with Gasteiger partial charge in [-0.15, -0.1) is 0 Å². The molecule has 144 valence electrons. The molecule has 9 nitrogen and oxygen atoms in total. The second kappa shape index (κ2) is 7.05. The first-order chi connectivity index (χ1) is 14.0. The van der Waals surface area contributed by atoms with Crippen LogP contribution in [0.15, 0.2) is 47.4 Å². The third-order valence-electron chi connectivity index (χ3n) is 4.33. The van der Waals surface area contributed by atoms with E-state index in [2.05, 4.69) is 25.3 Å². The minimum Gasteiger partial charge on any atom is -0.384 e. The van der Waals surface area contributed by atoms with Crippen LogP contribution >= 0.6 is 0 Å². The minimum absolute atomic E-state index is 0.0167. The van der Waals surface area contributed by atoms with Crippen molar-refractivity contribution in [3.8, 4) is 11.9 Å². The van der Waals surface area contributed by atoms with E-state index >= 15 is 0 Å². The van der Waals surface area contributed by atoms with Crippen molar-refractivity contribution >= 4 is 22.7 Å². The Kier molecular flexibility index (Phi) is 4.40. The van der Waals surface area contributed by atoms with E-state index in [1.54, 1.807) is 35.9 Å². The van der Waals surface area contributed by atoms with Crippen LogP contribution in [0, 0.1) is 17.1 Å². The molecule has 4 aromatic rings. The molecule has 0 radical (unpaired) electrons. The molecule has 4 rings (SSSR count). The smallest absolute Gasteiger partial charge is 0.348 e. The Balaban J connectivity index is 1.87. The van der Waals surface area contributed by atoms with Gasteiger partial charge in [-0.2, -0.15) is 10.2 Å². The Morgan fingerprint density at radius 3 is 2.86 bits per heavy atom. The van der Waals surface area contributed by atoms with Crippen LogP contribution in [0.4, 0.5) is 16.0 Å². The van der Waals surface area contributed by atoms with Crippen LogP contribution in [-0.2, 0) is 0 Å². The van der Waals surface area contributed by atoms with E-state index < -0.39 is 17.5 Å². The van der Waals surface area contributed by atoms with Gasteiger partial charge < -0.3 is 11.1 Å². The van der Waals surface area contributed by atoms with E-state index in [4.69, 9.17) is 5.73 Å². The number of H-pyrrole nitrogens is 1. The number of fused-ring (bicyclic) bond motifs is 1. The van der Waals surface area contributed by atoms with E-state index in [-0.39, 0.29) is 17.2 Å². The number of nitriles is 1. The standard InChI is InChI=1S/C19H15FN8O/c1-10(24-17-12(9-21)16(22)26-19(29)27-17)18-25-13-6-5-11(20)8-14(13)28(18)15-4-2-3-7-23-15/h2-8,10H,1H3,(H4,22,24,26,27,29). The third-order valence-corrected chi connectivity index (χ3v) is 4.33. The fourth-order valence-electron chi connectivity index (χ4n) is 3.06. The molecular formula is C19H15FN8O. The average Bonchev–Trinajstić information content (AvgIpc) is 3.07. The van der Waals surface area contributed by atoms with Gasteiger partial charge in [-0.05, 0) is 31.2 Å². The zero-order valence-electron chi connectivity index (χ0n) is 15.2. The summed E-state index contributed by atoms with van der Waals surface area (Å²) in [5.41, 5.74) is 6.15. The van der Waals surface area contributed by atoms with E-state index in [1.807, 2.05) is 12.1 Å². The normalized spacial score (nSPS) is 11.9. The Morgan fingerprint density at radius 1 is 1.31 bits per heavy atom. The third kappa shape index (κ3) is 3.25. The summed E-state index contributed by atoms with van der Waals surface area (Å²) >= 11 is 0. The quantitative estimate of drug-likeness (QED) is 0.486. The van der Waals surface area contributed by atoms with Gasteiger partial charge in [0.1, 0.15) is 34.9 Å². The molecule has 0 saturated heterocycles. The maximum Gasteiger partial charge on any atom is 0.348 e. The Bertz CT molecular complexity index is 1310. The highest BCUT2D eigenvalue weighted by atomic mass is 19.1. The van der Waals surface area contributed by atoms with Gasteiger partial charge in [-0.1, -0.05) is 6.07 Å². The topological polar surface area (TPSA) is 138 Å². The number of anilines is 2. The fourth-order valence-corrected chi connectivity index (χ4v) is 3.06. The summed E-state index contributed by atoms with van der Waals surface area (Å²) in [7, 11) is 0. The molecule has 0 fully saturated rings. The van der Waals surface area contributed by atoms with E-state index in [0.717, 1.165) is 0 Å². The molecule has 0 saturated carbocycles. The number of hydrogen-bond acceptors (Lipinski definition) is 7. The van der Waals surface area contributed by atoms with Crippen molar-refractivity contribution in [2.45, 2.75) is 13.0 Å². The molecule has 10 heteroatoms. The van der Waals surface area contributed by atoms with Crippen molar-refractivity contribution in [3.05, 3.63) is 70.3 Å². The summed E-state index contributed by atoms with van der Waals surface area (Å²) in [6, 6.07) is 11.0. The Morgan fingerprint density at radius 2 is 2.14 bits per heavy atom. The van der Waals surface area contributed by atoms with Gasteiger partial charge in [0.2, 0.25) is 0 Å². The number of benzene rings is 1. The second-order valence-electron chi connectivity index (χ2n) is 6.28. The number of nitrogens with two attached hydrogens (primary N) is 1. The van der Waals surface area contributed by atoms with Crippen LogP contribution in [-0.4, -0.2) is 24.5 Å². The molecule has 0 amide bonds. The molecule has 0 aliphatic carbocycles. The van der Waals surface area contributed by atoms with E-state index in [1.165, 1.54) is 12.1 Å². The van der Waals surface area contributed by atoms with Crippen LogP contribution in [0.5, 0.6) is 0 Å². The maximum absolute atomic E-state index is 13.9. The monoisotopic (exact) mass is 390 g/mol. The van der Waals surface area contributed by atoms with Crippen LogP contribution < -0.4 is 16.7 Å². The number of nitrogens with zero attached hydrogens (tertiary/aromatic N) is 5. The van der Waals surface area contributed by atoms with Crippen LogP contribution in [0.2, 0.25) is 0 Å². The zero-order valence-corrected chi connectivity index (χ0v) is 15.2. The Labute approximate surface area is 163 Å². The molecule has 1 atom stereocenters. The number of hydrogen-bond donors (Lipinski definition) is 3. The largest absolute Gasteiger partial charge is 0.384 e. The molecule has 3 aromatic heterocycles. The number of aromatic nitrogens is 5. The van der Waals surface area contributed by atoms with Gasteiger partial charge in [-0.3, -0.25) is 9.55 Å². The number of rotatable bonds is 4. The lowest BCUT2D eigenvalue weighted by Crippen LogP contribution is -2.21. The number of nitrogen functional groups attached to an aromatic ring is 1. The molecule has 1 aromatic carbocycles. The van der Waals surface area contributed by atoms with Gasteiger partial charge in [0.25, 0.3) is 0 Å². The molecule has 4 N–H and O–H groups in total. The molecule has 0 aliphatic heterocycles. The zero-order chi connectivity index (χ0) is 20.5. The van der Waals surface area contributed by atoms with Crippen molar-refractivity contribution in [1.29, 1.82) is 5.26 Å². The SMILES string of the molecule is CC(Nc1nc(=O)[nH]c(N)c1C#N)c1nc2ccc(F)cc2n1-c1ccccn1. The van der Waals surface area contributed by atoms with E-state index in [9.17, 15) is 14.4 Å². The van der Waals surface area contributed by atoms with Crippen LogP contribution in [0.3, 0.4) is 0 Å². The summed E-state index contributed by atoms with van der Waals surface area (Å²) in [5.74, 6) is 0.587. The number of halogens is 1. The number of pyridine rings is 1. The second-order valence-corrected chi connectivity index (χ2v) is 6.28. The molecule has 0 spiro atoms. The van der Waals surface area contributed by atoms with Gasteiger partial charge in [0.05, 0.1) is 17.1 Å². The summed E-state index contributed by atoms with van der Waals surface area (Å²) in [6.07, 6.45) is 1.62. The van der Waals surface area contributed by atoms with Crippen LogP contribution in [0.25, 0.3) is 16.9 Å². The van der Waals surface area contributed by atoms with Crippen molar-refractivity contribution in [3.63, 3.8) is 0 Å². The van der Waals surface area contributed by atoms with Gasteiger partial charge in [-0.25, -0.2) is 19.2 Å². The lowest BCUT2D eigenvalue weighted by Gasteiger charge is -2.17. The highest BCUT2D eigenvalue weighted by Gasteiger charge is 2.21.